The van der Waals surface area contributed by atoms with Gasteiger partial charge >= 0.3 is 5.97 Å². The van der Waals surface area contributed by atoms with Gasteiger partial charge in [0.15, 0.2) is 0 Å². The lowest BCUT2D eigenvalue weighted by Gasteiger charge is -2.16. The van der Waals surface area contributed by atoms with E-state index in [9.17, 15) is 18.4 Å². The van der Waals surface area contributed by atoms with Crippen LogP contribution in [0.15, 0.2) is 78.9 Å². The Morgan fingerprint density at radius 3 is 2.28 bits per heavy atom. The lowest BCUT2D eigenvalue weighted by Crippen LogP contribution is -2.27. The summed E-state index contributed by atoms with van der Waals surface area (Å²) in [6.07, 6.45) is -3.00. The van der Waals surface area contributed by atoms with E-state index in [1.807, 2.05) is 36.4 Å². The first-order chi connectivity index (χ1) is 17.2. The van der Waals surface area contributed by atoms with Crippen molar-refractivity contribution in [2.45, 2.75) is 19.4 Å². The third-order valence-electron chi connectivity index (χ3n) is 5.62. The fourth-order valence-corrected chi connectivity index (χ4v) is 3.76. The topological polar surface area (TPSA) is 93.5 Å². The van der Waals surface area contributed by atoms with Crippen LogP contribution in [0, 0.1) is 0 Å². The van der Waals surface area contributed by atoms with Crippen LogP contribution in [0.1, 0.15) is 51.4 Å². The highest BCUT2D eigenvalue weighted by molar-refractivity contribution is 5.98. The number of benzene rings is 3. The minimum atomic E-state index is -3.00. The summed E-state index contributed by atoms with van der Waals surface area (Å²) in [5.41, 5.74) is 1.44. The van der Waals surface area contributed by atoms with Crippen molar-refractivity contribution in [2.24, 2.45) is 7.05 Å². The quantitative estimate of drug-likeness (QED) is 0.315. The van der Waals surface area contributed by atoms with Gasteiger partial charge in [-0.1, -0.05) is 54.6 Å². The van der Waals surface area contributed by atoms with Gasteiger partial charge in [0, 0.05) is 7.05 Å². The molecule has 0 bridgehead atoms. The highest BCUT2D eigenvalue weighted by Gasteiger charge is 2.30. The molecule has 1 heterocycles. The second kappa shape index (κ2) is 10.4. The molecule has 4 rings (SSSR count). The molecule has 184 valence electrons. The maximum Gasteiger partial charge on any atom is 0.335 e. The molecule has 3 aromatic carbocycles. The first kappa shape index (κ1) is 24.6. The van der Waals surface area contributed by atoms with Crippen molar-refractivity contribution in [3.63, 3.8) is 0 Å². The Labute approximate surface area is 206 Å². The van der Waals surface area contributed by atoms with Crippen LogP contribution in [-0.4, -0.2) is 26.8 Å². The van der Waals surface area contributed by atoms with Crippen LogP contribution in [0.4, 0.5) is 8.78 Å². The second-order valence-electron chi connectivity index (χ2n) is 8.11. The molecular formula is C27H23F2N3O4. The predicted octanol–water partition coefficient (Wildman–Crippen LogP) is 6.01. The summed E-state index contributed by atoms with van der Waals surface area (Å²) in [5.74, 6) is -1.64. The number of carboxylic acids is 1. The molecule has 4 aromatic rings. The summed E-state index contributed by atoms with van der Waals surface area (Å²) in [6, 6.07) is 22.0. The number of aromatic carboxylic acids is 1. The Morgan fingerprint density at radius 2 is 1.64 bits per heavy atom. The van der Waals surface area contributed by atoms with Crippen LogP contribution >= 0.6 is 0 Å². The fraction of sp³-hybridized carbons (Fsp3) is 0.148. The normalized spacial score (nSPS) is 11.8. The smallest absolute Gasteiger partial charge is 0.335 e. The third-order valence-corrected chi connectivity index (χ3v) is 5.62. The zero-order valence-corrected chi connectivity index (χ0v) is 19.5. The van der Waals surface area contributed by atoms with E-state index in [0.29, 0.717) is 11.3 Å². The largest absolute Gasteiger partial charge is 0.478 e. The van der Waals surface area contributed by atoms with Crippen molar-refractivity contribution >= 4 is 11.9 Å². The number of carbonyl (C=O) groups is 2. The summed E-state index contributed by atoms with van der Waals surface area (Å²) in [7, 11) is 1.42. The van der Waals surface area contributed by atoms with E-state index in [1.54, 1.807) is 37.3 Å². The van der Waals surface area contributed by atoms with Crippen LogP contribution in [0.25, 0.3) is 11.1 Å². The Bertz CT molecular complexity index is 1390. The molecule has 0 saturated heterocycles. The number of halogens is 2. The Hall–Kier alpha value is -4.53. The molecule has 36 heavy (non-hydrogen) atoms. The standard InChI is InChI=1S/C27H23F2N3O4/c1-16(17-11-13-19(14-12-17)27(34)35)30-25(33)22-23(24(28)29)31-32(2)26(22)36-21-10-6-9-20(15-21)18-7-4-3-5-8-18/h3-16,24H,1-2H3,(H,30,33)(H,34,35)/t16-/m0/s1. The maximum absolute atomic E-state index is 13.8. The molecule has 2 N–H and O–H groups in total. The van der Waals surface area contributed by atoms with Crippen molar-refractivity contribution < 1.29 is 28.2 Å². The summed E-state index contributed by atoms with van der Waals surface area (Å²) >= 11 is 0. The van der Waals surface area contributed by atoms with E-state index >= 15 is 0 Å². The number of nitrogens with zero attached hydrogens (tertiary/aromatic N) is 2. The summed E-state index contributed by atoms with van der Waals surface area (Å²) in [5, 5.41) is 15.6. The molecule has 1 amide bonds. The van der Waals surface area contributed by atoms with Crippen LogP contribution in [0.2, 0.25) is 0 Å². The average molecular weight is 491 g/mol. The maximum atomic E-state index is 13.8. The van der Waals surface area contributed by atoms with Gasteiger partial charge in [0.1, 0.15) is 17.0 Å². The molecule has 0 unspecified atom stereocenters. The number of amides is 1. The molecule has 0 aliphatic rings. The summed E-state index contributed by atoms with van der Waals surface area (Å²) in [6.45, 7) is 1.66. The Morgan fingerprint density at radius 1 is 0.972 bits per heavy atom. The van der Waals surface area contributed by atoms with Gasteiger partial charge in [0.2, 0.25) is 5.88 Å². The summed E-state index contributed by atoms with van der Waals surface area (Å²) < 4.78 is 34.7. The van der Waals surface area contributed by atoms with E-state index < -0.39 is 30.0 Å². The minimum Gasteiger partial charge on any atom is -0.478 e. The van der Waals surface area contributed by atoms with E-state index in [0.717, 1.165) is 15.8 Å². The summed E-state index contributed by atoms with van der Waals surface area (Å²) in [4.78, 5) is 24.2. The highest BCUT2D eigenvalue weighted by atomic mass is 19.3. The Balaban J connectivity index is 1.63. The first-order valence-corrected chi connectivity index (χ1v) is 11.1. The van der Waals surface area contributed by atoms with E-state index in [4.69, 9.17) is 9.84 Å². The molecule has 0 saturated carbocycles. The van der Waals surface area contributed by atoms with Gasteiger partial charge in [0.25, 0.3) is 12.3 Å². The average Bonchev–Trinajstić information content (AvgIpc) is 3.21. The van der Waals surface area contributed by atoms with Gasteiger partial charge in [-0.15, -0.1) is 0 Å². The Kier molecular flexibility index (Phi) is 7.10. The number of carboxylic acid groups (broad SMARTS) is 1. The molecule has 0 aliphatic carbocycles. The van der Waals surface area contributed by atoms with Crippen molar-refractivity contribution in [2.75, 3.05) is 0 Å². The van der Waals surface area contributed by atoms with Crippen LogP contribution in [0.5, 0.6) is 11.6 Å². The van der Waals surface area contributed by atoms with Gasteiger partial charge in [-0.05, 0) is 47.9 Å². The third kappa shape index (κ3) is 5.25. The van der Waals surface area contributed by atoms with Crippen LogP contribution in [0.3, 0.4) is 0 Å². The number of hydrogen-bond acceptors (Lipinski definition) is 4. The predicted molar refractivity (Wildman–Crippen MR) is 129 cm³/mol. The molecule has 7 nitrogen and oxygen atoms in total. The second-order valence-corrected chi connectivity index (χ2v) is 8.11. The molecule has 0 radical (unpaired) electrons. The molecular weight excluding hydrogens is 468 g/mol. The molecule has 0 fully saturated rings. The van der Waals surface area contributed by atoms with Gasteiger partial charge < -0.3 is 15.2 Å². The molecule has 9 heteroatoms. The van der Waals surface area contributed by atoms with Crippen molar-refractivity contribution in [3.05, 3.63) is 101 Å². The monoisotopic (exact) mass is 491 g/mol. The zero-order chi connectivity index (χ0) is 25.8. The van der Waals surface area contributed by atoms with Crippen LogP contribution in [-0.2, 0) is 7.05 Å². The zero-order valence-electron chi connectivity index (χ0n) is 19.5. The minimum absolute atomic E-state index is 0.0953. The highest BCUT2D eigenvalue weighted by Crippen LogP contribution is 2.34. The van der Waals surface area contributed by atoms with Crippen molar-refractivity contribution in [1.29, 1.82) is 0 Å². The lowest BCUT2D eigenvalue weighted by molar-refractivity contribution is 0.0696. The first-order valence-electron chi connectivity index (χ1n) is 11.1. The SMILES string of the molecule is C[C@H](NC(=O)c1c(C(F)F)nn(C)c1Oc1cccc(-c2ccccc2)c1)c1ccc(C(=O)O)cc1. The number of ether oxygens (including phenoxy) is 1. The number of carbonyl (C=O) groups excluding carboxylic acids is 1. The number of aryl methyl sites for hydroxylation is 1. The van der Waals surface area contributed by atoms with Crippen molar-refractivity contribution in [1.82, 2.24) is 15.1 Å². The number of hydrogen-bond donors (Lipinski definition) is 2. The van der Waals surface area contributed by atoms with Gasteiger partial charge in [-0.3, -0.25) is 4.79 Å². The van der Waals surface area contributed by atoms with E-state index in [2.05, 4.69) is 10.4 Å². The van der Waals surface area contributed by atoms with Gasteiger partial charge in [-0.2, -0.15) is 5.10 Å². The molecule has 1 atom stereocenters. The fourth-order valence-electron chi connectivity index (χ4n) is 3.76. The van der Waals surface area contributed by atoms with Crippen molar-refractivity contribution in [3.8, 4) is 22.8 Å². The lowest BCUT2D eigenvalue weighted by atomic mass is 10.1. The van der Waals surface area contributed by atoms with Gasteiger partial charge in [-0.25, -0.2) is 18.3 Å². The van der Waals surface area contributed by atoms with E-state index in [-0.39, 0.29) is 17.0 Å². The molecule has 1 aromatic heterocycles. The molecule has 0 aliphatic heterocycles. The number of aromatic nitrogens is 2. The van der Waals surface area contributed by atoms with E-state index in [1.165, 1.54) is 19.2 Å². The number of rotatable bonds is 8. The number of nitrogens with one attached hydrogen (secondary N) is 1. The van der Waals surface area contributed by atoms with Crippen LogP contribution < -0.4 is 10.1 Å². The number of alkyl halides is 2. The van der Waals surface area contributed by atoms with Gasteiger partial charge in [0.05, 0.1) is 11.6 Å². The molecule has 0 spiro atoms.